The summed E-state index contributed by atoms with van der Waals surface area (Å²) in [5.74, 6) is -0.0657. The molecule has 0 saturated carbocycles. The molecule has 1 saturated heterocycles. The number of ketones is 1. The average molecular weight is 470 g/mol. The molecule has 8 nitrogen and oxygen atoms in total. The van der Waals surface area contributed by atoms with Gasteiger partial charge in [-0.25, -0.2) is 0 Å². The highest BCUT2D eigenvalue weighted by molar-refractivity contribution is 6.46. The van der Waals surface area contributed by atoms with Crippen molar-refractivity contribution < 1.29 is 33.6 Å². The molecule has 8 heteroatoms. The minimum atomic E-state index is -0.818. The van der Waals surface area contributed by atoms with E-state index in [0.717, 1.165) is 5.56 Å². The number of benzene rings is 2. The van der Waals surface area contributed by atoms with Crippen LogP contribution >= 0.6 is 0 Å². The number of Topliss-reactive ketones (excluding diaryl/α,β-unsaturated/α-hetero) is 1. The maximum atomic E-state index is 13.1. The maximum absolute atomic E-state index is 13.1. The van der Waals surface area contributed by atoms with Crippen molar-refractivity contribution in [3.05, 3.63) is 58.7 Å². The monoisotopic (exact) mass is 469 g/mol. The highest BCUT2D eigenvalue weighted by Gasteiger charge is 2.46. The number of ether oxygens (including phenoxy) is 4. The van der Waals surface area contributed by atoms with E-state index >= 15 is 0 Å². The Labute approximate surface area is 199 Å². The van der Waals surface area contributed by atoms with Gasteiger partial charge in [-0.1, -0.05) is 6.07 Å². The number of rotatable bonds is 9. The van der Waals surface area contributed by atoms with Crippen molar-refractivity contribution in [2.75, 3.05) is 34.5 Å². The molecular weight excluding hydrogens is 438 g/mol. The Hall–Kier alpha value is -3.52. The van der Waals surface area contributed by atoms with Crippen molar-refractivity contribution >= 4 is 17.4 Å². The van der Waals surface area contributed by atoms with Crippen molar-refractivity contribution in [1.82, 2.24) is 4.90 Å². The molecule has 1 unspecified atom stereocenters. The van der Waals surface area contributed by atoms with Crippen LogP contribution in [0.4, 0.5) is 0 Å². The van der Waals surface area contributed by atoms with E-state index in [4.69, 9.17) is 18.9 Å². The van der Waals surface area contributed by atoms with Crippen molar-refractivity contribution in [2.24, 2.45) is 0 Å². The molecule has 182 valence electrons. The molecule has 1 aliphatic heterocycles. The predicted molar refractivity (Wildman–Crippen MR) is 127 cm³/mol. The van der Waals surface area contributed by atoms with Gasteiger partial charge in [-0.15, -0.1) is 0 Å². The number of hydrogen-bond acceptors (Lipinski definition) is 7. The van der Waals surface area contributed by atoms with Crippen LogP contribution in [0.15, 0.2) is 42.0 Å². The molecule has 1 amide bonds. The van der Waals surface area contributed by atoms with Crippen molar-refractivity contribution in [3.8, 4) is 17.2 Å². The second kappa shape index (κ2) is 10.6. The first-order valence-corrected chi connectivity index (χ1v) is 11.0. The third kappa shape index (κ3) is 4.87. The predicted octanol–water partition coefficient (Wildman–Crippen LogP) is 3.87. The molecule has 0 aliphatic carbocycles. The van der Waals surface area contributed by atoms with Crippen LogP contribution in [0.25, 0.3) is 5.76 Å². The Morgan fingerprint density at radius 1 is 1.00 bits per heavy atom. The molecule has 1 atom stereocenters. The number of methoxy groups -OCH3 is 3. The van der Waals surface area contributed by atoms with Crippen molar-refractivity contribution in [3.63, 3.8) is 0 Å². The molecule has 0 aromatic heterocycles. The SMILES string of the molecule is COCCN1C(=O)C(=O)/C(=C(\O)c2ccc(OC(C)C)c(C)c2)C1c1ccc(OC)c(OC)c1. The van der Waals surface area contributed by atoms with E-state index in [1.54, 1.807) is 36.4 Å². The van der Waals surface area contributed by atoms with Crippen LogP contribution in [-0.4, -0.2) is 62.3 Å². The van der Waals surface area contributed by atoms with E-state index in [1.165, 1.54) is 26.2 Å². The van der Waals surface area contributed by atoms with Gasteiger partial charge in [0.25, 0.3) is 11.7 Å². The van der Waals surface area contributed by atoms with E-state index in [1.807, 2.05) is 20.8 Å². The van der Waals surface area contributed by atoms with Gasteiger partial charge in [-0.2, -0.15) is 0 Å². The Morgan fingerprint density at radius 3 is 2.26 bits per heavy atom. The summed E-state index contributed by atoms with van der Waals surface area (Å²) in [7, 11) is 4.55. The molecule has 0 radical (unpaired) electrons. The van der Waals surface area contributed by atoms with Gasteiger partial charge in [0.15, 0.2) is 11.5 Å². The lowest BCUT2D eigenvalue weighted by Gasteiger charge is -2.25. The first-order chi connectivity index (χ1) is 16.2. The van der Waals surface area contributed by atoms with Crippen molar-refractivity contribution in [1.29, 1.82) is 0 Å². The zero-order chi connectivity index (χ0) is 25.0. The number of likely N-dealkylation sites (tertiary alicyclic amines) is 1. The van der Waals surface area contributed by atoms with E-state index in [2.05, 4.69) is 0 Å². The summed E-state index contributed by atoms with van der Waals surface area (Å²) < 4.78 is 21.7. The molecular formula is C26H31NO7. The third-order valence-electron chi connectivity index (χ3n) is 5.61. The first-order valence-electron chi connectivity index (χ1n) is 11.0. The summed E-state index contributed by atoms with van der Waals surface area (Å²) in [4.78, 5) is 27.5. The number of aryl methyl sites for hydroxylation is 1. The molecule has 1 N–H and O–H groups in total. The summed E-state index contributed by atoms with van der Waals surface area (Å²) >= 11 is 0. The topological polar surface area (TPSA) is 94.5 Å². The highest BCUT2D eigenvalue weighted by Crippen LogP contribution is 2.42. The quantitative estimate of drug-likeness (QED) is 0.338. The van der Waals surface area contributed by atoms with Crippen LogP contribution in [-0.2, 0) is 14.3 Å². The van der Waals surface area contributed by atoms with Crippen LogP contribution in [0.5, 0.6) is 17.2 Å². The summed E-state index contributed by atoms with van der Waals surface area (Å²) in [5, 5.41) is 11.3. The average Bonchev–Trinajstić information content (AvgIpc) is 3.07. The minimum absolute atomic E-state index is 0.00486. The normalized spacial score (nSPS) is 17.4. The number of aliphatic hydroxyl groups is 1. The smallest absolute Gasteiger partial charge is 0.295 e. The Kier molecular flexibility index (Phi) is 7.83. The van der Waals surface area contributed by atoms with Crippen LogP contribution in [0.2, 0.25) is 0 Å². The summed E-state index contributed by atoms with van der Waals surface area (Å²) in [6.45, 7) is 6.13. The van der Waals surface area contributed by atoms with Gasteiger partial charge in [0.05, 0.1) is 38.5 Å². The summed E-state index contributed by atoms with van der Waals surface area (Å²) in [6.07, 6.45) is -0.00527. The molecule has 1 heterocycles. The van der Waals surface area contributed by atoms with Gasteiger partial charge in [0, 0.05) is 19.2 Å². The minimum Gasteiger partial charge on any atom is -0.507 e. The standard InChI is InChI=1S/C26H31NO7/c1-15(2)34-19-9-8-18(13-16(19)3)24(28)22-23(27(11-12-31-4)26(30)25(22)29)17-7-10-20(32-5)21(14-17)33-6/h7-10,13-15,23,28H,11-12H2,1-6H3/b24-22-. The number of amides is 1. The second-order valence-corrected chi connectivity index (χ2v) is 8.25. The van der Waals surface area contributed by atoms with Gasteiger partial charge >= 0.3 is 0 Å². The number of nitrogens with zero attached hydrogens (tertiary/aromatic N) is 1. The Bertz CT molecular complexity index is 1110. The van der Waals surface area contributed by atoms with E-state index in [-0.39, 0.29) is 30.6 Å². The second-order valence-electron chi connectivity index (χ2n) is 8.25. The van der Waals surface area contributed by atoms with Gasteiger partial charge < -0.3 is 29.0 Å². The molecule has 2 aromatic rings. The zero-order valence-electron chi connectivity index (χ0n) is 20.4. The lowest BCUT2D eigenvalue weighted by Crippen LogP contribution is -2.32. The first kappa shape index (κ1) is 25.1. The summed E-state index contributed by atoms with van der Waals surface area (Å²) in [5.41, 5.74) is 1.83. The van der Waals surface area contributed by atoms with E-state index < -0.39 is 17.7 Å². The number of carbonyl (C=O) groups is 2. The third-order valence-corrected chi connectivity index (χ3v) is 5.61. The lowest BCUT2D eigenvalue weighted by atomic mass is 9.94. The molecule has 0 bridgehead atoms. The van der Waals surface area contributed by atoms with Crippen LogP contribution in [0.3, 0.4) is 0 Å². The van der Waals surface area contributed by atoms with Crippen LogP contribution in [0, 0.1) is 6.92 Å². The molecule has 34 heavy (non-hydrogen) atoms. The zero-order valence-corrected chi connectivity index (χ0v) is 20.4. The number of aliphatic hydroxyl groups excluding tert-OH is 1. The van der Waals surface area contributed by atoms with Crippen LogP contribution in [0.1, 0.15) is 36.6 Å². The Balaban J connectivity index is 2.16. The maximum Gasteiger partial charge on any atom is 0.295 e. The Morgan fingerprint density at radius 2 is 1.68 bits per heavy atom. The van der Waals surface area contributed by atoms with Crippen LogP contribution < -0.4 is 14.2 Å². The molecule has 3 rings (SSSR count). The summed E-state index contributed by atoms with van der Waals surface area (Å²) in [6, 6.07) is 9.49. The van der Waals surface area contributed by atoms with E-state index in [0.29, 0.717) is 28.4 Å². The lowest BCUT2D eigenvalue weighted by molar-refractivity contribution is -0.140. The molecule has 2 aromatic carbocycles. The van der Waals surface area contributed by atoms with Gasteiger partial charge in [0.2, 0.25) is 0 Å². The molecule has 1 fully saturated rings. The highest BCUT2D eigenvalue weighted by atomic mass is 16.5. The van der Waals surface area contributed by atoms with Gasteiger partial charge in [-0.3, -0.25) is 9.59 Å². The molecule has 1 aliphatic rings. The van der Waals surface area contributed by atoms with Crippen molar-refractivity contribution in [2.45, 2.75) is 32.9 Å². The van der Waals surface area contributed by atoms with Gasteiger partial charge in [0.1, 0.15) is 11.5 Å². The fraction of sp³-hybridized carbons (Fsp3) is 0.385. The number of carbonyl (C=O) groups excluding carboxylic acids is 2. The van der Waals surface area contributed by atoms with E-state index in [9.17, 15) is 14.7 Å². The van der Waals surface area contributed by atoms with Gasteiger partial charge in [-0.05, 0) is 62.2 Å². The number of hydrogen-bond donors (Lipinski definition) is 1. The fourth-order valence-electron chi connectivity index (χ4n) is 4.01. The molecule has 0 spiro atoms. The largest absolute Gasteiger partial charge is 0.507 e. The fourth-order valence-corrected chi connectivity index (χ4v) is 4.01.